The topological polar surface area (TPSA) is 68.2 Å². The molecule has 5 heteroatoms. The first-order valence-corrected chi connectivity index (χ1v) is 7.73. The molecule has 0 bridgehead atoms. The lowest BCUT2D eigenvalue weighted by molar-refractivity contribution is -0.220. The van der Waals surface area contributed by atoms with E-state index in [0.717, 1.165) is 19.3 Å². The number of hydrogen-bond donors (Lipinski definition) is 2. The number of hydrogen-bond acceptors (Lipinski definition) is 5. The third-order valence-electron chi connectivity index (χ3n) is 5.07. The minimum absolute atomic E-state index is 0.101. The van der Waals surface area contributed by atoms with E-state index in [2.05, 4.69) is 0 Å². The van der Waals surface area contributed by atoms with Crippen LogP contribution in [0, 0.1) is 17.8 Å². The minimum Gasteiger partial charge on any atom is -0.396 e. The van der Waals surface area contributed by atoms with Crippen molar-refractivity contribution < 1.29 is 24.4 Å². The second-order valence-corrected chi connectivity index (χ2v) is 6.89. The van der Waals surface area contributed by atoms with Crippen molar-refractivity contribution in [2.75, 3.05) is 6.61 Å². The van der Waals surface area contributed by atoms with Crippen molar-refractivity contribution in [3.63, 3.8) is 0 Å². The highest BCUT2D eigenvalue weighted by molar-refractivity contribution is 5.01. The number of aliphatic hydroxyl groups excluding tert-OH is 2. The van der Waals surface area contributed by atoms with Gasteiger partial charge in [0, 0.05) is 12.5 Å². The van der Waals surface area contributed by atoms with Gasteiger partial charge in [-0.3, -0.25) is 0 Å². The molecule has 3 aliphatic rings. The van der Waals surface area contributed by atoms with Gasteiger partial charge in [0.05, 0.1) is 12.2 Å². The van der Waals surface area contributed by atoms with E-state index >= 15 is 0 Å². The van der Waals surface area contributed by atoms with E-state index in [-0.39, 0.29) is 36.9 Å². The average Bonchev–Trinajstić information content (AvgIpc) is 2.81. The molecule has 20 heavy (non-hydrogen) atoms. The van der Waals surface area contributed by atoms with Gasteiger partial charge >= 0.3 is 0 Å². The highest BCUT2D eigenvalue weighted by Gasteiger charge is 2.59. The van der Waals surface area contributed by atoms with E-state index < -0.39 is 11.9 Å². The second kappa shape index (κ2) is 5.21. The summed E-state index contributed by atoms with van der Waals surface area (Å²) in [6.07, 6.45) is 1.95. The van der Waals surface area contributed by atoms with Crippen LogP contribution < -0.4 is 0 Å². The van der Waals surface area contributed by atoms with Gasteiger partial charge in [-0.2, -0.15) is 0 Å². The Labute approximate surface area is 120 Å². The summed E-state index contributed by atoms with van der Waals surface area (Å²) >= 11 is 0. The Bertz CT molecular complexity index is 356. The summed E-state index contributed by atoms with van der Waals surface area (Å²) in [4.78, 5) is 0. The number of rotatable bonds is 3. The molecule has 7 atom stereocenters. The molecule has 2 N–H and O–H groups in total. The molecule has 0 unspecified atom stereocenters. The van der Waals surface area contributed by atoms with Crippen LogP contribution in [-0.4, -0.2) is 47.2 Å². The van der Waals surface area contributed by atoms with Crippen molar-refractivity contribution >= 4 is 0 Å². The molecule has 0 aromatic heterocycles. The van der Waals surface area contributed by atoms with E-state index in [9.17, 15) is 10.2 Å². The summed E-state index contributed by atoms with van der Waals surface area (Å²) in [7, 11) is 0. The van der Waals surface area contributed by atoms with Crippen molar-refractivity contribution in [3.8, 4) is 0 Å². The van der Waals surface area contributed by atoms with Crippen LogP contribution in [0.2, 0.25) is 0 Å². The smallest absolute Gasteiger partial charge is 0.187 e. The molecule has 2 saturated heterocycles. The first kappa shape index (κ1) is 14.7. The van der Waals surface area contributed by atoms with Crippen LogP contribution in [-0.2, 0) is 14.2 Å². The highest BCUT2D eigenvalue weighted by Crippen LogP contribution is 2.51. The van der Waals surface area contributed by atoms with Crippen LogP contribution in [0.1, 0.15) is 40.0 Å². The Morgan fingerprint density at radius 3 is 2.65 bits per heavy atom. The molecule has 3 rings (SSSR count). The fourth-order valence-electron chi connectivity index (χ4n) is 4.43. The molecule has 0 spiro atoms. The zero-order valence-electron chi connectivity index (χ0n) is 12.5. The van der Waals surface area contributed by atoms with Crippen LogP contribution in [0.15, 0.2) is 0 Å². The van der Waals surface area contributed by atoms with Gasteiger partial charge in [-0.15, -0.1) is 0 Å². The van der Waals surface area contributed by atoms with Crippen molar-refractivity contribution in [2.45, 2.75) is 70.4 Å². The Hall–Kier alpha value is -0.200. The first-order chi connectivity index (χ1) is 9.43. The van der Waals surface area contributed by atoms with Gasteiger partial charge in [0.25, 0.3) is 0 Å². The minimum atomic E-state index is -0.618. The molecule has 116 valence electrons. The monoisotopic (exact) mass is 286 g/mol. The van der Waals surface area contributed by atoms with E-state index in [1.165, 1.54) is 0 Å². The molecule has 5 nitrogen and oxygen atoms in total. The van der Waals surface area contributed by atoms with Crippen molar-refractivity contribution in [2.24, 2.45) is 17.8 Å². The second-order valence-electron chi connectivity index (χ2n) is 6.89. The van der Waals surface area contributed by atoms with Crippen molar-refractivity contribution in [1.29, 1.82) is 0 Å². The third kappa shape index (κ3) is 2.40. The molecular formula is C15H26O5. The summed E-state index contributed by atoms with van der Waals surface area (Å²) in [5.41, 5.74) is 0. The van der Waals surface area contributed by atoms with Crippen molar-refractivity contribution in [1.82, 2.24) is 0 Å². The summed E-state index contributed by atoms with van der Waals surface area (Å²) in [6, 6.07) is 0. The maximum Gasteiger partial charge on any atom is 0.187 e. The lowest BCUT2D eigenvalue weighted by atomic mass is 9.66. The van der Waals surface area contributed by atoms with Crippen LogP contribution in [0.5, 0.6) is 0 Å². The molecule has 0 aromatic carbocycles. The SMILES string of the molecule is C[C@@H](O)[C@H]1[C@@H](CCO)CC[C@H]2O[C@@H]3OC(C)(C)O[C@@H]3[C@H]12. The quantitative estimate of drug-likeness (QED) is 0.818. The van der Waals surface area contributed by atoms with Gasteiger partial charge in [0.1, 0.15) is 6.10 Å². The predicted octanol–water partition coefficient (Wildman–Crippen LogP) is 1.27. The van der Waals surface area contributed by atoms with Gasteiger partial charge in [-0.1, -0.05) is 0 Å². The van der Waals surface area contributed by atoms with Gasteiger partial charge in [0.2, 0.25) is 0 Å². The molecule has 2 aliphatic heterocycles. The van der Waals surface area contributed by atoms with Crippen molar-refractivity contribution in [3.05, 3.63) is 0 Å². The number of ether oxygens (including phenoxy) is 3. The zero-order valence-corrected chi connectivity index (χ0v) is 12.5. The average molecular weight is 286 g/mol. The maximum absolute atomic E-state index is 10.2. The Morgan fingerprint density at radius 1 is 1.25 bits per heavy atom. The van der Waals surface area contributed by atoms with E-state index in [1.807, 2.05) is 20.8 Å². The highest BCUT2D eigenvalue weighted by atomic mass is 16.8. The summed E-state index contributed by atoms with van der Waals surface area (Å²) in [5.74, 6) is -0.0237. The summed E-state index contributed by atoms with van der Waals surface area (Å²) in [5, 5.41) is 19.5. The lowest BCUT2D eigenvalue weighted by Gasteiger charge is -2.42. The van der Waals surface area contributed by atoms with E-state index in [0.29, 0.717) is 5.92 Å². The summed E-state index contributed by atoms with van der Waals surface area (Å²) < 4.78 is 17.9. The van der Waals surface area contributed by atoms with Crippen LogP contribution >= 0.6 is 0 Å². The fraction of sp³-hybridized carbons (Fsp3) is 1.00. The van der Waals surface area contributed by atoms with Gasteiger partial charge in [0.15, 0.2) is 12.1 Å². The molecular weight excluding hydrogens is 260 g/mol. The van der Waals surface area contributed by atoms with Crippen LogP contribution in [0.3, 0.4) is 0 Å². The van der Waals surface area contributed by atoms with Crippen LogP contribution in [0.25, 0.3) is 0 Å². The van der Waals surface area contributed by atoms with Gasteiger partial charge < -0.3 is 24.4 Å². The molecule has 0 aromatic rings. The Morgan fingerprint density at radius 2 is 2.00 bits per heavy atom. The maximum atomic E-state index is 10.2. The van der Waals surface area contributed by atoms with Gasteiger partial charge in [-0.05, 0) is 51.9 Å². The lowest BCUT2D eigenvalue weighted by Crippen LogP contribution is -2.46. The standard InChI is InChI=1S/C15H26O5/c1-8(17)11-9(6-7-16)4-5-10-12(11)13-14(18-10)20-15(2,3)19-13/h8-14,16-17H,4-7H2,1-3H3/t8-,9-,10-,11+,12+,13-,14-/m1/s1. The molecule has 0 amide bonds. The molecule has 1 aliphatic carbocycles. The van der Waals surface area contributed by atoms with E-state index in [1.54, 1.807) is 0 Å². The first-order valence-electron chi connectivity index (χ1n) is 7.73. The van der Waals surface area contributed by atoms with Crippen LogP contribution in [0.4, 0.5) is 0 Å². The summed E-state index contributed by atoms with van der Waals surface area (Å²) in [6.45, 7) is 5.80. The molecule has 2 heterocycles. The number of aliphatic hydroxyl groups is 2. The van der Waals surface area contributed by atoms with E-state index in [4.69, 9.17) is 14.2 Å². The Kier molecular flexibility index (Phi) is 3.84. The molecule has 0 radical (unpaired) electrons. The largest absolute Gasteiger partial charge is 0.396 e. The fourth-order valence-corrected chi connectivity index (χ4v) is 4.43. The zero-order chi connectivity index (χ0) is 14.5. The normalized spacial score (nSPS) is 47.9. The number of fused-ring (bicyclic) bond motifs is 3. The van der Waals surface area contributed by atoms with Gasteiger partial charge in [-0.25, -0.2) is 0 Å². The molecule has 1 saturated carbocycles. The predicted molar refractivity (Wildman–Crippen MR) is 71.8 cm³/mol. The third-order valence-corrected chi connectivity index (χ3v) is 5.07. The molecule has 3 fully saturated rings. The Balaban J connectivity index is 1.83.